The fourth-order valence-corrected chi connectivity index (χ4v) is 10.0. The summed E-state index contributed by atoms with van der Waals surface area (Å²) in [7, 11) is 1.92. The molecule has 46 heavy (non-hydrogen) atoms. The molecule has 1 aromatic heterocycles. The number of halogens is 1. The first-order valence-corrected chi connectivity index (χ1v) is 17.7. The number of pyridine rings is 1. The molecule has 3 atom stereocenters. The zero-order valence-corrected chi connectivity index (χ0v) is 27.4. The van der Waals surface area contributed by atoms with Gasteiger partial charge in [0, 0.05) is 61.7 Å². The predicted octanol–water partition coefficient (Wildman–Crippen LogP) is 5.23. The van der Waals surface area contributed by atoms with E-state index in [1.165, 1.54) is 24.8 Å². The van der Waals surface area contributed by atoms with Crippen LogP contribution in [0.15, 0.2) is 30.3 Å². The molecule has 0 spiro atoms. The minimum atomic E-state index is 0.0641. The number of anilines is 3. The lowest BCUT2D eigenvalue weighted by molar-refractivity contribution is -0.118. The van der Waals surface area contributed by atoms with E-state index in [1.807, 2.05) is 36.2 Å². The minimum absolute atomic E-state index is 0.0641. The third-order valence-electron chi connectivity index (χ3n) is 12.0. The quantitative estimate of drug-likeness (QED) is 0.401. The summed E-state index contributed by atoms with van der Waals surface area (Å²) in [5.74, 6) is 0.944. The summed E-state index contributed by atoms with van der Waals surface area (Å²) in [6.07, 6.45) is 9.18. The first kappa shape index (κ1) is 28.9. The first-order valence-electron chi connectivity index (χ1n) is 17.3. The summed E-state index contributed by atoms with van der Waals surface area (Å²) >= 11 is 6.78. The number of hydrogen-bond donors (Lipinski definition) is 2. The fraction of sp³-hybridized carbons (Fsp3) is 0.556. The maximum absolute atomic E-state index is 13.7. The number of ether oxygens (including phenoxy) is 1. The van der Waals surface area contributed by atoms with Crippen LogP contribution in [0, 0.1) is 0 Å². The van der Waals surface area contributed by atoms with Crippen molar-refractivity contribution in [3.05, 3.63) is 46.6 Å². The molecular formula is C36H43ClN6O3. The normalized spacial score (nSPS) is 26.9. The van der Waals surface area contributed by atoms with Gasteiger partial charge in [-0.05, 0) is 82.0 Å². The molecule has 4 fully saturated rings. The van der Waals surface area contributed by atoms with Crippen LogP contribution in [0.2, 0.25) is 5.02 Å². The number of benzene rings is 2. The van der Waals surface area contributed by atoms with Gasteiger partial charge in [0.15, 0.2) is 0 Å². The number of carbonyl (C=O) groups is 1. The standard InChI is InChI=1S/C36H43ClN6O3/c1-40-31(45)10-9-29-27-8-7-23(38-27)19-43(29)33-25-11-16-41(30-18-24(44)17-22-5-2-6-26(37)32(22)30)20-28(25)39-35(34(33)40)46-21-36-12-3-14-42(36)15-4-13-36/h2,5-6,17-18,23,27,29,38,44H,3-4,7-16,19-21H2,1H3. The van der Waals surface area contributed by atoms with E-state index in [2.05, 4.69) is 20.0 Å². The molecule has 3 unspecified atom stereocenters. The van der Waals surface area contributed by atoms with Gasteiger partial charge in [-0.3, -0.25) is 9.69 Å². The molecule has 2 N–H and O–H groups in total. The van der Waals surface area contributed by atoms with Gasteiger partial charge in [-0.15, -0.1) is 0 Å². The number of fused-ring (bicyclic) bond motifs is 10. The van der Waals surface area contributed by atoms with Crippen LogP contribution in [0.1, 0.15) is 62.6 Å². The van der Waals surface area contributed by atoms with Crippen LogP contribution in [-0.4, -0.2) is 84.4 Å². The van der Waals surface area contributed by atoms with Crippen LogP contribution < -0.4 is 24.8 Å². The number of phenolic OH excluding ortho intramolecular Hbond substituents is 1. The van der Waals surface area contributed by atoms with Crippen molar-refractivity contribution in [1.82, 2.24) is 15.2 Å². The van der Waals surface area contributed by atoms with Crippen molar-refractivity contribution in [2.24, 2.45) is 0 Å². The third-order valence-corrected chi connectivity index (χ3v) is 12.3. The lowest BCUT2D eigenvalue weighted by Gasteiger charge is -2.47. The maximum Gasteiger partial charge on any atom is 0.240 e. The van der Waals surface area contributed by atoms with Crippen LogP contribution in [0.25, 0.3) is 10.8 Å². The Hall–Kier alpha value is -3.27. The van der Waals surface area contributed by atoms with Crippen molar-refractivity contribution in [1.29, 1.82) is 0 Å². The molecule has 0 aliphatic carbocycles. The summed E-state index contributed by atoms with van der Waals surface area (Å²) in [4.78, 5) is 28.5. The van der Waals surface area contributed by atoms with E-state index in [4.69, 9.17) is 21.3 Å². The third kappa shape index (κ3) is 4.48. The molecule has 1 amide bonds. The average molecular weight is 643 g/mol. The van der Waals surface area contributed by atoms with Crippen LogP contribution in [-0.2, 0) is 17.8 Å². The number of nitrogens with one attached hydrogen (secondary N) is 1. The summed E-state index contributed by atoms with van der Waals surface area (Å²) in [5, 5.41) is 17.1. The maximum atomic E-state index is 13.7. The Labute approximate surface area is 275 Å². The molecule has 0 saturated carbocycles. The summed E-state index contributed by atoms with van der Waals surface area (Å²) in [5.41, 5.74) is 5.20. The minimum Gasteiger partial charge on any atom is -0.508 e. The molecule has 0 radical (unpaired) electrons. The lowest BCUT2D eigenvalue weighted by atomic mass is 9.92. The van der Waals surface area contributed by atoms with E-state index < -0.39 is 0 Å². The van der Waals surface area contributed by atoms with Gasteiger partial charge in [-0.2, -0.15) is 0 Å². The first-order chi connectivity index (χ1) is 22.4. The van der Waals surface area contributed by atoms with Crippen molar-refractivity contribution in [2.45, 2.75) is 88.0 Å². The van der Waals surface area contributed by atoms with Crippen LogP contribution in [0.4, 0.5) is 17.1 Å². The van der Waals surface area contributed by atoms with Gasteiger partial charge in [0.2, 0.25) is 11.8 Å². The molecule has 2 aromatic carbocycles. The average Bonchev–Trinajstić information content (AvgIpc) is 3.75. The molecule has 6 aliphatic rings. The zero-order chi connectivity index (χ0) is 31.2. The zero-order valence-electron chi connectivity index (χ0n) is 26.6. The molecule has 6 aliphatic heterocycles. The highest BCUT2D eigenvalue weighted by Gasteiger charge is 2.47. The van der Waals surface area contributed by atoms with Gasteiger partial charge >= 0.3 is 0 Å². The van der Waals surface area contributed by atoms with E-state index in [0.717, 1.165) is 91.8 Å². The lowest BCUT2D eigenvalue weighted by Crippen LogP contribution is -2.59. The predicted molar refractivity (Wildman–Crippen MR) is 182 cm³/mol. The molecule has 9 nitrogen and oxygen atoms in total. The van der Waals surface area contributed by atoms with E-state index >= 15 is 0 Å². The number of aromatic nitrogens is 1. The van der Waals surface area contributed by atoms with Gasteiger partial charge in [0.25, 0.3) is 0 Å². The van der Waals surface area contributed by atoms with Crippen molar-refractivity contribution < 1.29 is 14.6 Å². The monoisotopic (exact) mass is 642 g/mol. The second-order valence-electron chi connectivity index (χ2n) is 14.5. The van der Waals surface area contributed by atoms with E-state index in [0.29, 0.717) is 42.6 Å². The summed E-state index contributed by atoms with van der Waals surface area (Å²) < 4.78 is 6.90. The number of aromatic hydroxyl groups is 1. The topological polar surface area (TPSA) is 84.4 Å². The number of amides is 1. The Bertz CT molecular complexity index is 1720. The second kappa shape index (κ2) is 10.9. The van der Waals surface area contributed by atoms with Crippen molar-refractivity contribution >= 4 is 45.3 Å². The van der Waals surface area contributed by atoms with Crippen LogP contribution >= 0.6 is 11.6 Å². The highest BCUT2D eigenvalue weighted by atomic mass is 35.5. The van der Waals surface area contributed by atoms with Gasteiger partial charge in [0.05, 0.1) is 34.2 Å². The van der Waals surface area contributed by atoms with Crippen LogP contribution in [0.5, 0.6) is 11.6 Å². The van der Waals surface area contributed by atoms with E-state index in [9.17, 15) is 9.90 Å². The van der Waals surface area contributed by atoms with Gasteiger partial charge < -0.3 is 29.9 Å². The van der Waals surface area contributed by atoms with Crippen molar-refractivity contribution in [3.63, 3.8) is 0 Å². The number of carbonyl (C=O) groups excluding carboxylic acids is 1. The van der Waals surface area contributed by atoms with Gasteiger partial charge in [-0.1, -0.05) is 23.7 Å². The molecule has 2 bridgehead atoms. The molecule has 4 saturated heterocycles. The van der Waals surface area contributed by atoms with Crippen molar-refractivity contribution in [3.8, 4) is 11.6 Å². The van der Waals surface area contributed by atoms with E-state index in [1.54, 1.807) is 6.07 Å². The summed E-state index contributed by atoms with van der Waals surface area (Å²) in [6, 6.07) is 10.5. The second-order valence-corrected chi connectivity index (χ2v) is 14.9. The Balaban J connectivity index is 1.18. The Kier molecular flexibility index (Phi) is 6.85. The fourth-order valence-electron chi connectivity index (χ4n) is 9.77. The number of piperazine rings is 1. The van der Waals surface area contributed by atoms with Crippen LogP contribution in [0.3, 0.4) is 0 Å². The number of rotatable bonds is 4. The van der Waals surface area contributed by atoms with E-state index in [-0.39, 0.29) is 23.2 Å². The number of nitrogens with zero attached hydrogens (tertiary/aromatic N) is 5. The van der Waals surface area contributed by atoms with Gasteiger partial charge in [-0.25, -0.2) is 4.98 Å². The highest BCUT2D eigenvalue weighted by Crippen LogP contribution is 2.49. The molecule has 10 heteroatoms. The Morgan fingerprint density at radius 2 is 1.93 bits per heavy atom. The Morgan fingerprint density at radius 3 is 2.78 bits per heavy atom. The summed E-state index contributed by atoms with van der Waals surface area (Å²) in [6.45, 7) is 5.13. The highest BCUT2D eigenvalue weighted by molar-refractivity contribution is 6.36. The van der Waals surface area contributed by atoms with Crippen molar-refractivity contribution in [2.75, 3.05) is 54.5 Å². The Morgan fingerprint density at radius 1 is 1.09 bits per heavy atom. The molecule has 3 aromatic rings. The molecular weight excluding hydrogens is 600 g/mol. The smallest absolute Gasteiger partial charge is 0.240 e. The molecule has 7 heterocycles. The molecule has 242 valence electrons. The SMILES string of the molecule is CN1C(=O)CCC2C3CCC(CN2c2c4c(nc(OCC56CCCN5CCC6)c21)CN(c1cc(O)cc2cccc(Cl)c12)CC4)N3. The largest absolute Gasteiger partial charge is 0.508 e. The van der Waals surface area contributed by atoms with Gasteiger partial charge in [0.1, 0.15) is 18.0 Å². The number of phenols is 1. The number of hydrogen-bond acceptors (Lipinski definition) is 8. The molecule has 9 rings (SSSR count).